The Balaban J connectivity index is 2.38. The minimum absolute atomic E-state index is 0.378. The van der Waals surface area contributed by atoms with Crippen molar-refractivity contribution in [2.75, 3.05) is 0 Å². The molecule has 0 unspecified atom stereocenters. The van der Waals surface area contributed by atoms with Gasteiger partial charge in [-0.1, -0.05) is 42.8 Å². The van der Waals surface area contributed by atoms with Crippen molar-refractivity contribution >= 4 is 11.6 Å². The molecule has 0 atom stereocenters. The van der Waals surface area contributed by atoms with Gasteiger partial charge in [0.05, 0.1) is 5.69 Å². The lowest BCUT2D eigenvalue weighted by Gasteiger charge is -2.09. The average molecular weight is 279 g/mol. The SMILES string of the molecule is CC(C)CCn1nnc(CN)c1-c1cccc(Cl)c1. The molecule has 19 heavy (non-hydrogen) atoms. The third-order valence-electron chi connectivity index (χ3n) is 3.01. The summed E-state index contributed by atoms with van der Waals surface area (Å²) < 4.78 is 1.92. The zero-order valence-electron chi connectivity index (χ0n) is 11.3. The molecule has 0 aliphatic heterocycles. The van der Waals surface area contributed by atoms with Crippen LogP contribution in [0.25, 0.3) is 11.3 Å². The molecule has 4 nitrogen and oxygen atoms in total. The number of hydrogen-bond acceptors (Lipinski definition) is 3. The van der Waals surface area contributed by atoms with E-state index in [0.29, 0.717) is 17.5 Å². The zero-order valence-corrected chi connectivity index (χ0v) is 12.1. The van der Waals surface area contributed by atoms with Gasteiger partial charge in [0.25, 0.3) is 0 Å². The number of halogens is 1. The topological polar surface area (TPSA) is 56.7 Å². The Morgan fingerprint density at radius 3 is 2.79 bits per heavy atom. The third kappa shape index (κ3) is 3.33. The monoisotopic (exact) mass is 278 g/mol. The molecular formula is C14H19ClN4. The molecule has 1 aromatic carbocycles. The van der Waals surface area contributed by atoms with Crippen LogP contribution in [0.15, 0.2) is 24.3 Å². The predicted molar refractivity (Wildman–Crippen MR) is 77.8 cm³/mol. The van der Waals surface area contributed by atoms with Crippen molar-refractivity contribution in [3.05, 3.63) is 35.0 Å². The maximum atomic E-state index is 6.06. The number of benzene rings is 1. The van der Waals surface area contributed by atoms with Gasteiger partial charge in [0.15, 0.2) is 0 Å². The van der Waals surface area contributed by atoms with E-state index in [0.717, 1.165) is 29.9 Å². The van der Waals surface area contributed by atoms with Gasteiger partial charge in [0.2, 0.25) is 0 Å². The number of hydrogen-bond donors (Lipinski definition) is 1. The quantitative estimate of drug-likeness (QED) is 0.914. The largest absolute Gasteiger partial charge is 0.325 e. The van der Waals surface area contributed by atoms with Gasteiger partial charge in [-0.25, -0.2) is 4.68 Å². The molecule has 0 fully saturated rings. The van der Waals surface area contributed by atoms with E-state index in [2.05, 4.69) is 24.2 Å². The molecule has 2 rings (SSSR count). The van der Waals surface area contributed by atoms with Gasteiger partial charge in [-0.2, -0.15) is 0 Å². The minimum atomic E-state index is 0.378. The molecule has 5 heteroatoms. The Morgan fingerprint density at radius 1 is 1.37 bits per heavy atom. The minimum Gasteiger partial charge on any atom is -0.325 e. The Morgan fingerprint density at radius 2 is 2.16 bits per heavy atom. The first-order valence-electron chi connectivity index (χ1n) is 6.50. The van der Waals surface area contributed by atoms with E-state index in [9.17, 15) is 0 Å². The van der Waals surface area contributed by atoms with Crippen LogP contribution in [0.1, 0.15) is 26.0 Å². The zero-order chi connectivity index (χ0) is 13.8. The second-order valence-electron chi connectivity index (χ2n) is 5.00. The fraction of sp³-hybridized carbons (Fsp3) is 0.429. The molecule has 0 saturated heterocycles. The molecule has 2 aromatic rings. The molecule has 0 spiro atoms. The number of nitrogens with two attached hydrogens (primary N) is 1. The summed E-state index contributed by atoms with van der Waals surface area (Å²) in [4.78, 5) is 0. The van der Waals surface area contributed by atoms with Gasteiger partial charge in [-0.15, -0.1) is 5.10 Å². The van der Waals surface area contributed by atoms with Crippen molar-refractivity contribution in [3.8, 4) is 11.3 Å². The standard InChI is InChI=1S/C14H19ClN4/c1-10(2)6-7-19-14(13(9-16)17-18-19)11-4-3-5-12(15)8-11/h3-5,8,10H,6-7,9,16H2,1-2H3. The van der Waals surface area contributed by atoms with E-state index in [1.165, 1.54) is 0 Å². The van der Waals surface area contributed by atoms with E-state index in [1.807, 2.05) is 28.9 Å². The highest BCUT2D eigenvalue weighted by molar-refractivity contribution is 6.30. The van der Waals surface area contributed by atoms with Crippen LogP contribution >= 0.6 is 11.6 Å². The summed E-state index contributed by atoms with van der Waals surface area (Å²) in [6.45, 7) is 5.61. The normalized spacial score (nSPS) is 11.2. The molecule has 0 bridgehead atoms. The van der Waals surface area contributed by atoms with E-state index < -0.39 is 0 Å². The van der Waals surface area contributed by atoms with E-state index >= 15 is 0 Å². The van der Waals surface area contributed by atoms with Gasteiger partial charge in [-0.05, 0) is 24.5 Å². The van der Waals surface area contributed by atoms with Crippen LogP contribution in [-0.2, 0) is 13.1 Å². The van der Waals surface area contributed by atoms with Crippen molar-refractivity contribution in [1.82, 2.24) is 15.0 Å². The van der Waals surface area contributed by atoms with Crippen LogP contribution < -0.4 is 5.73 Å². The first-order valence-corrected chi connectivity index (χ1v) is 6.88. The molecule has 0 aliphatic carbocycles. The Hall–Kier alpha value is -1.39. The summed E-state index contributed by atoms with van der Waals surface area (Å²) in [5.74, 6) is 0.623. The molecule has 2 N–H and O–H groups in total. The second kappa shape index (κ2) is 6.17. The fourth-order valence-electron chi connectivity index (χ4n) is 1.97. The van der Waals surface area contributed by atoms with Gasteiger partial charge >= 0.3 is 0 Å². The van der Waals surface area contributed by atoms with Crippen LogP contribution in [0.3, 0.4) is 0 Å². The molecule has 0 saturated carbocycles. The summed E-state index contributed by atoms with van der Waals surface area (Å²) in [6, 6.07) is 7.72. The molecule has 1 aromatic heterocycles. The van der Waals surface area contributed by atoms with E-state index in [1.54, 1.807) is 0 Å². The number of aromatic nitrogens is 3. The molecule has 1 heterocycles. The summed E-state index contributed by atoms with van der Waals surface area (Å²) in [7, 11) is 0. The Bertz CT molecular complexity index is 548. The van der Waals surface area contributed by atoms with Gasteiger partial charge in [0.1, 0.15) is 5.69 Å². The summed E-state index contributed by atoms with van der Waals surface area (Å²) in [5.41, 5.74) is 8.55. The van der Waals surface area contributed by atoms with Crippen molar-refractivity contribution in [1.29, 1.82) is 0 Å². The first kappa shape index (κ1) is 14.0. The molecule has 0 amide bonds. The molecule has 0 radical (unpaired) electrons. The molecular weight excluding hydrogens is 260 g/mol. The number of rotatable bonds is 5. The highest BCUT2D eigenvalue weighted by atomic mass is 35.5. The average Bonchev–Trinajstić information content (AvgIpc) is 2.79. The summed E-state index contributed by atoms with van der Waals surface area (Å²) >= 11 is 6.06. The second-order valence-corrected chi connectivity index (χ2v) is 5.44. The van der Waals surface area contributed by atoms with Gasteiger partial charge in [0, 0.05) is 23.7 Å². The predicted octanol–water partition coefficient (Wildman–Crippen LogP) is 3.10. The molecule has 0 aliphatic rings. The van der Waals surface area contributed by atoms with E-state index in [4.69, 9.17) is 17.3 Å². The van der Waals surface area contributed by atoms with Crippen LogP contribution in [0.5, 0.6) is 0 Å². The highest BCUT2D eigenvalue weighted by Gasteiger charge is 2.14. The van der Waals surface area contributed by atoms with Crippen LogP contribution in [-0.4, -0.2) is 15.0 Å². The molecule has 102 valence electrons. The first-order chi connectivity index (χ1) is 9.11. The van der Waals surface area contributed by atoms with Crippen LogP contribution in [0, 0.1) is 5.92 Å². The highest BCUT2D eigenvalue weighted by Crippen LogP contribution is 2.25. The number of nitrogens with zero attached hydrogens (tertiary/aromatic N) is 3. The lowest BCUT2D eigenvalue weighted by molar-refractivity contribution is 0.481. The van der Waals surface area contributed by atoms with Crippen molar-refractivity contribution in [2.24, 2.45) is 11.7 Å². The lowest BCUT2D eigenvalue weighted by Crippen LogP contribution is -2.06. The van der Waals surface area contributed by atoms with Crippen LogP contribution in [0.4, 0.5) is 0 Å². The summed E-state index contributed by atoms with van der Waals surface area (Å²) in [5, 5.41) is 9.08. The van der Waals surface area contributed by atoms with Crippen molar-refractivity contribution in [2.45, 2.75) is 33.4 Å². The smallest absolute Gasteiger partial charge is 0.104 e. The Labute approximate surface area is 118 Å². The third-order valence-corrected chi connectivity index (χ3v) is 3.25. The summed E-state index contributed by atoms with van der Waals surface area (Å²) in [6.07, 6.45) is 1.06. The lowest BCUT2D eigenvalue weighted by atomic mass is 10.1. The van der Waals surface area contributed by atoms with Gasteiger partial charge < -0.3 is 5.73 Å². The van der Waals surface area contributed by atoms with Crippen LogP contribution in [0.2, 0.25) is 5.02 Å². The maximum Gasteiger partial charge on any atom is 0.104 e. The maximum absolute atomic E-state index is 6.06. The van der Waals surface area contributed by atoms with Gasteiger partial charge in [-0.3, -0.25) is 0 Å². The number of aryl methyl sites for hydroxylation is 1. The fourth-order valence-corrected chi connectivity index (χ4v) is 2.17. The van der Waals surface area contributed by atoms with E-state index in [-0.39, 0.29) is 0 Å². The van der Waals surface area contributed by atoms with Crippen molar-refractivity contribution < 1.29 is 0 Å². The van der Waals surface area contributed by atoms with Crippen molar-refractivity contribution in [3.63, 3.8) is 0 Å². The Kier molecular flexibility index (Phi) is 4.56.